The van der Waals surface area contributed by atoms with Gasteiger partial charge in [-0.3, -0.25) is 4.79 Å². The number of rotatable bonds is 7. The van der Waals surface area contributed by atoms with Crippen LogP contribution in [0.4, 0.5) is 18.9 Å². The monoisotopic (exact) mass is 508 g/mol. The van der Waals surface area contributed by atoms with E-state index in [2.05, 4.69) is 21.7 Å². The minimum atomic E-state index is -3.75. The molecular weight excluding hydrogens is 477 g/mol. The molecule has 7 nitrogen and oxygen atoms in total. The zero-order valence-electron chi connectivity index (χ0n) is 19.5. The summed E-state index contributed by atoms with van der Waals surface area (Å²) in [6, 6.07) is 9.09. The number of aliphatic hydroxyl groups excluding tert-OH is 2. The van der Waals surface area contributed by atoms with Crippen molar-refractivity contribution in [1.29, 1.82) is 0 Å². The van der Waals surface area contributed by atoms with Crippen LogP contribution in [0.5, 0.6) is 11.5 Å². The average molecular weight is 509 g/mol. The maximum absolute atomic E-state index is 15.2. The summed E-state index contributed by atoms with van der Waals surface area (Å²) in [5, 5.41) is 22.8. The van der Waals surface area contributed by atoms with Crippen molar-refractivity contribution in [3.63, 3.8) is 0 Å². The molecule has 36 heavy (non-hydrogen) atoms. The van der Waals surface area contributed by atoms with Gasteiger partial charge >= 0.3 is 6.29 Å². The van der Waals surface area contributed by atoms with Gasteiger partial charge in [0.05, 0.1) is 35.9 Å². The summed E-state index contributed by atoms with van der Waals surface area (Å²) in [5.41, 5.74) is 0.972. The number of halogens is 3. The number of hydrogen-bond donors (Lipinski definition) is 3. The van der Waals surface area contributed by atoms with Crippen LogP contribution in [-0.2, 0) is 22.2 Å². The van der Waals surface area contributed by atoms with E-state index < -0.39 is 36.1 Å². The summed E-state index contributed by atoms with van der Waals surface area (Å²) in [5.74, 6) is -1.32. The second kappa shape index (κ2) is 7.63. The maximum Gasteiger partial charge on any atom is 0.586 e. The molecule has 2 aliphatic carbocycles. The molecule has 0 radical (unpaired) electrons. The molecule has 2 saturated carbocycles. The summed E-state index contributed by atoms with van der Waals surface area (Å²) >= 11 is 0. The Labute approximate surface area is 208 Å². The van der Waals surface area contributed by atoms with Crippen molar-refractivity contribution in [1.82, 2.24) is 4.57 Å². The summed E-state index contributed by atoms with van der Waals surface area (Å²) in [6.07, 6.45) is -1.84. The first kappa shape index (κ1) is 23.2. The third kappa shape index (κ3) is 3.70. The van der Waals surface area contributed by atoms with E-state index in [1.54, 1.807) is 12.1 Å². The number of nitrogens with zero attached hydrogens (tertiary/aromatic N) is 1. The Kier molecular flexibility index (Phi) is 4.91. The number of carbonyl (C=O) groups excluding carboxylic acids is 1. The number of benzene rings is 2. The number of ether oxygens (including phenoxy) is 2. The molecule has 0 unspecified atom stereocenters. The van der Waals surface area contributed by atoms with Crippen LogP contribution in [0.25, 0.3) is 10.9 Å². The van der Waals surface area contributed by atoms with Gasteiger partial charge in [-0.05, 0) is 55.5 Å². The zero-order chi connectivity index (χ0) is 25.5. The molecule has 1 atom stereocenters. The topological polar surface area (TPSA) is 93.0 Å². The van der Waals surface area contributed by atoms with Crippen molar-refractivity contribution in [2.24, 2.45) is 0 Å². The number of nitrogens with one attached hydrogen (secondary N) is 1. The highest BCUT2D eigenvalue weighted by Crippen LogP contribution is 2.53. The molecule has 2 fully saturated rings. The van der Waals surface area contributed by atoms with Crippen molar-refractivity contribution in [2.45, 2.75) is 62.4 Å². The van der Waals surface area contributed by atoms with Crippen molar-refractivity contribution in [3.05, 3.63) is 53.5 Å². The Morgan fingerprint density at radius 3 is 2.53 bits per heavy atom. The summed E-state index contributed by atoms with van der Waals surface area (Å²) in [6.45, 7) is 1.81. The van der Waals surface area contributed by atoms with Crippen LogP contribution in [-0.4, -0.2) is 39.7 Å². The fourth-order valence-electron chi connectivity index (χ4n) is 5.05. The Hall–Kier alpha value is -3.24. The lowest BCUT2D eigenvalue weighted by Crippen LogP contribution is -2.28. The smallest absolute Gasteiger partial charge is 0.395 e. The van der Waals surface area contributed by atoms with Crippen LogP contribution < -0.4 is 14.8 Å². The second-order valence-electron chi connectivity index (χ2n) is 10.3. The molecule has 0 bridgehead atoms. The highest BCUT2D eigenvalue weighted by molar-refractivity contribution is 6.03. The normalized spacial score (nSPS) is 20.8. The van der Waals surface area contributed by atoms with E-state index in [4.69, 9.17) is 0 Å². The highest BCUT2D eigenvalue weighted by atomic mass is 19.3. The molecule has 2 aromatic carbocycles. The van der Waals surface area contributed by atoms with Gasteiger partial charge in [-0.15, -0.1) is 8.78 Å². The standard InChI is InChI=1S/C26H25F3N2O5.3H2/c1-24(4-5-24)22-9-14-8-18(17(27)11-19(14)31(22)12-16(33)13-32)30-23(34)25(6-7-25)15-2-3-20-21(10-15)36-26(28,29)35-20;;;/h2-3,8-11,16,32-33H,4-7,12-13H2,1H3,(H,30,34);3*1H/t16-;;;/m1.../s1. The predicted molar refractivity (Wildman–Crippen MR) is 130 cm³/mol. The summed E-state index contributed by atoms with van der Waals surface area (Å²) in [7, 11) is 0. The third-order valence-electron chi connectivity index (χ3n) is 7.60. The van der Waals surface area contributed by atoms with E-state index in [0.29, 0.717) is 29.3 Å². The Bertz CT molecular complexity index is 1410. The molecule has 6 rings (SSSR count). The Morgan fingerprint density at radius 1 is 1.14 bits per heavy atom. The van der Waals surface area contributed by atoms with Gasteiger partial charge in [0.15, 0.2) is 11.5 Å². The molecule has 2 heterocycles. The number of aromatic nitrogens is 1. The lowest BCUT2D eigenvalue weighted by molar-refractivity contribution is -0.286. The van der Waals surface area contributed by atoms with Gasteiger partial charge in [0.25, 0.3) is 0 Å². The SMILES string of the molecule is CC1(c2cc3cc(NC(=O)C4(c5ccc6c(c5)OC(F)(F)O6)CC4)c(F)cc3n2C[C@@H](O)CO)CC1.[HH].[HH].[HH]. The first-order valence-corrected chi connectivity index (χ1v) is 11.9. The number of amides is 1. The molecule has 1 aromatic heterocycles. The zero-order valence-corrected chi connectivity index (χ0v) is 19.5. The molecule has 10 heteroatoms. The van der Waals surface area contributed by atoms with Gasteiger partial charge in [0, 0.05) is 26.8 Å². The molecule has 1 aliphatic heterocycles. The van der Waals surface area contributed by atoms with Crippen LogP contribution in [0.2, 0.25) is 0 Å². The average Bonchev–Trinajstić information content (AvgIpc) is 3.73. The van der Waals surface area contributed by atoms with E-state index >= 15 is 4.39 Å². The van der Waals surface area contributed by atoms with Gasteiger partial charge in [-0.25, -0.2) is 4.39 Å². The van der Waals surface area contributed by atoms with Gasteiger partial charge in [-0.2, -0.15) is 0 Å². The molecule has 3 aromatic rings. The molecule has 3 aliphatic rings. The number of fused-ring (bicyclic) bond motifs is 2. The molecule has 3 N–H and O–H groups in total. The predicted octanol–water partition coefficient (Wildman–Crippen LogP) is 4.91. The van der Waals surface area contributed by atoms with Crippen molar-refractivity contribution >= 4 is 22.5 Å². The van der Waals surface area contributed by atoms with E-state index in [1.807, 2.05) is 10.6 Å². The summed E-state index contributed by atoms with van der Waals surface area (Å²) in [4.78, 5) is 13.3. The molecular formula is C26H31F3N2O5. The molecule has 196 valence electrons. The number of alkyl halides is 2. The minimum absolute atomic E-state index is 0. The lowest BCUT2D eigenvalue weighted by atomic mass is 9.94. The van der Waals surface area contributed by atoms with Crippen LogP contribution in [0.3, 0.4) is 0 Å². The van der Waals surface area contributed by atoms with Gasteiger partial charge in [0.1, 0.15) is 5.82 Å². The van der Waals surface area contributed by atoms with Crippen LogP contribution >= 0.6 is 0 Å². The van der Waals surface area contributed by atoms with Gasteiger partial charge in [0.2, 0.25) is 5.91 Å². The molecule has 1 amide bonds. The van der Waals surface area contributed by atoms with Crippen molar-refractivity contribution < 1.29 is 41.9 Å². The minimum Gasteiger partial charge on any atom is -0.395 e. The van der Waals surface area contributed by atoms with Crippen LogP contribution in [0, 0.1) is 5.82 Å². The van der Waals surface area contributed by atoms with Crippen molar-refractivity contribution in [3.8, 4) is 11.5 Å². The number of carbonyl (C=O) groups is 1. The third-order valence-corrected chi connectivity index (χ3v) is 7.60. The van der Waals surface area contributed by atoms with Crippen molar-refractivity contribution in [2.75, 3.05) is 11.9 Å². The van der Waals surface area contributed by atoms with Crippen LogP contribution in [0.15, 0.2) is 36.4 Å². The summed E-state index contributed by atoms with van der Waals surface area (Å²) < 4.78 is 52.8. The fraction of sp³-hybridized carbons (Fsp3) is 0.423. The highest BCUT2D eigenvalue weighted by Gasteiger charge is 2.53. The van der Waals surface area contributed by atoms with E-state index in [-0.39, 0.29) is 33.4 Å². The van der Waals surface area contributed by atoms with Gasteiger partial charge in [-0.1, -0.05) is 13.0 Å². The Balaban J connectivity index is 0.00000140. The van der Waals surface area contributed by atoms with E-state index in [9.17, 15) is 23.8 Å². The maximum atomic E-state index is 15.2. The lowest BCUT2D eigenvalue weighted by Gasteiger charge is -2.18. The Morgan fingerprint density at radius 2 is 1.86 bits per heavy atom. The molecule has 0 spiro atoms. The quantitative estimate of drug-likeness (QED) is 0.422. The van der Waals surface area contributed by atoms with E-state index in [1.165, 1.54) is 18.2 Å². The number of hydrogen-bond acceptors (Lipinski definition) is 5. The fourth-order valence-corrected chi connectivity index (χ4v) is 5.05. The largest absolute Gasteiger partial charge is 0.586 e. The number of anilines is 1. The number of aliphatic hydroxyl groups is 2. The van der Waals surface area contributed by atoms with E-state index in [0.717, 1.165) is 18.5 Å². The second-order valence-corrected chi connectivity index (χ2v) is 10.3. The van der Waals surface area contributed by atoms with Gasteiger partial charge < -0.3 is 29.6 Å². The first-order valence-electron chi connectivity index (χ1n) is 11.9. The first-order chi connectivity index (χ1) is 17.0. The van der Waals surface area contributed by atoms with Crippen LogP contribution in [0.1, 0.15) is 48.1 Å². The molecule has 0 saturated heterocycles.